The van der Waals surface area contributed by atoms with E-state index in [0.29, 0.717) is 12.2 Å². The molecule has 0 radical (unpaired) electrons. The lowest BCUT2D eigenvalue weighted by atomic mass is 10.1. The molecule has 1 fully saturated rings. The van der Waals surface area contributed by atoms with E-state index in [1.54, 1.807) is 25.3 Å². The average Bonchev–Trinajstić information content (AvgIpc) is 3.71. The third-order valence-electron chi connectivity index (χ3n) is 8.27. The highest BCUT2D eigenvalue weighted by molar-refractivity contribution is 7.91. The number of carbonyl (C=O) groups excluding carboxylic acids is 2. The molecule has 10 nitrogen and oxygen atoms in total. The molecule has 0 aliphatic carbocycles. The van der Waals surface area contributed by atoms with Gasteiger partial charge in [-0.1, -0.05) is 12.1 Å². The van der Waals surface area contributed by atoms with E-state index in [4.69, 9.17) is 4.74 Å². The van der Waals surface area contributed by atoms with Crippen molar-refractivity contribution in [3.63, 3.8) is 0 Å². The van der Waals surface area contributed by atoms with Gasteiger partial charge in [0, 0.05) is 34.8 Å². The van der Waals surface area contributed by atoms with Crippen LogP contribution in [-0.4, -0.2) is 67.6 Å². The lowest BCUT2D eigenvalue weighted by molar-refractivity contribution is 0.0949. The number of rotatable bonds is 10. The van der Waals surface area contributed by atoms with Crippen molar-refractivity contribution in [1.82, 2.24) is 15.2 Å². The summed E-state index contributed by atoms with van der Waals surface area (Å²) in [5.41, 5.74) is 1.75. The molecule has 3 heterocycles. The molecule has 2 aliphatic heterocycles. The van der Waals surface area contributed by atoms with Gasteiger partial charge >= 0.3 is 0 Å². The minimum Gasteiger partial charge on any atom is -0.494 e. The number of sulfone groups is 1. The normalized spacial score (nSPS) is 17.2. The fourth-order valence-electron chi connectivity index (χ4n) is 5.83. The number of nitrogens with one attached hydrogen (secondary N) is 2. The number of hydrogen-bond acceptors (Lipinski definition) is 9. The number of likely N-dealkylation sites (tertiary alicyclic amines) is 1. The van der Waals surface area contributed by atoms with Crippen molar-refractivity contribution in [3.8, 4) is 16.3 Å². The van der Waals surface area contributed by atoms with Crippen LogP contribution in [0.5, 0.6) is 5.75 Å². The third kappa shape index (κ3) is 6.36. The number of ether oxygens (including phenoxy) is 1. The molecule has 1 aromatic heterocycles. The fourth-order valence-corrected chi connectivity index (χ4v) is 8.36. The summed E-state index contributed by atoms with van der Waals surface area (Å²) in [4.78, 5) is 33.6. The molecule has 0 spiro atoms. The van der Waals surface area contributed by atoms with Crippen molar-refractivity contribution < 1.29 is 27.9 Å². The number of nitrogens with zero attached hydrogens (tertiary/aromatic N) is 2. The maximum Gasteiger partial charge on any atom is 0.257 e. The predicted molar refractivity (Wildman–Crippen MR) is 172 cm³/mol. The lowest BCUT2D eigenvalue weighted by Gasteiger charge is -2.22. The Morgan fingerprint density at radius 3 is 2.73 bits per heavy atom. The number of anilines is 1. The second kappa shape index (κ2) is 13.1. The van der Waals surface area contributed by atoms with E-state index < -0.39 is 21.7 Å². The minimum atomic E-state index is -3.97. The van der Waals surface area contributed by atoms with Crippen LogP contribution in [0.15, 0.2) is 76.7 Å². The number of fused-ring (bicyclic) bond motifs is 2. The lowest BCUT2D eigenvalue weighted by Crippen LogP contribution is -2.33. The largest absolute Gasteiger partial charge is 0.494 e. The fraction of sp³-hybridized carbons (Fsp3) is 0.303. The monoisotopic (exact) mass is 646 g/mol. The summed E-state index contributed by atoms with van der Waals surface area (Å²) in [5.74, 6) is -0.150. The Morgan fingerprint density at radius 2 is 1.93 bits per heavy atom. The Labute approximate surface area is 266 Å². The molecule has 12 heteroatoms. The molecule has 1 saturated heterocycles. The highest BCUT2D eigenvalue weighted by Crippen LogP contribution is 2.37. The van der Waals surface area contributed by atoms with Gasteiger partial charge in [-0.3, -0.25) is 14.5 Å². The maximum absolute atomic E-state index is 13.4. The Balaban J connectivity index is 1.06. The van der Waals surface area contributed by atoms with Gasteiger partial charge in [0.1, 0.15) is 10.8 Å². The standard InChI is InChI=1S/C33H34N4O6S2/c1-21-26(13-14-29-30(21)36-32(40)27-7-2-3-8-28(27)45(29,41)42)31(39)34-18-25-19-35-33(44-25)22-9-11-24(12-10-22)43-17-5-16-37-15-4-6-23(37)20-38/h2-3,7-14,19,23,38H,4-6,15-18,20H2,1H3,(H,34,39)(H,36,40). The molecular weight excluding hydrogens is 613 g/mol. The highest BCUT2D eigenvalue weighted by atomic mass is 32.2. The number of aliphatic hydroxyl groups is 1. The number of thiazole rings is 1. The van der Waals surface area contributed by atoms with E-state index in [1.807, 2.05) is 24.3 Å². The first-order chi connectivity index (χ1) is 21.8. The number of amides is 2. The van der Waals surface area contributed by atoms with Gasteiger partial charge in [0.2, 0.25) is 9.84 Å². The molecule has 4 aromatic rings. The molecular formula is C33H34N4O6S2. The van der Waals surface area contributed by atoms with Crippen molar-refractivity contribution >= 4 is 38.7 Å². The molecule has 234 valence electrons. The van der Waals surface area contributed by atoms with E-state index in [2.05, 4.69) is 20.5 Å². The first-order valence-corrected chi connectivity index (χ1v) is 17.2. The van der Waals surface area contributed by atoms with E-state index in [9.17, 15) is 23.1 Å². The summed E-state index contributed by atoms with van der Waals surface area (Å²) in [7, 11) is -3.97. The van der Waals surface area contributed by atoms with Gasteiger partial charge in [-0.05, 0) is 86.8 Å². The minimum absolute atomic E-state index is 0.0448. The zero-order chi connectivity index (χ0) is 31.6. The van der Waals surface area contributed by atoms with Gasteiger partial charge in [-0.2, -0.15) is 0 Å². The van der Waals surface area contributed by atoms with Crippen LogP contribution >= 0.6 is 11.3 Å². The number of aromatic nitrogens is 1. The second-order valence-electron chi connectivity index (χ2n) is 11.1. The van der Waals surface area contributed by atoms with E-state index in [-0.39, 0.29) is 45.8 Å². The molecule has 2 aliphatic rings. The molecule has 0 saturated carbocycles. The van der Waals surface area contributed by atoms with Crippen molar-refractivity contribution in [1.29, 1.82) is 0 Å². The van der Waals surface area contributed by atoms with Gasteiger partial charge in [0.25, 0.3) is 11.8 Å². The molecule has 3 N–H and O–H groups in total. The molecule has 1 atom stereocenters. The number of benzene rings is 3. The summed E-state index contributed by atoms with van der Waals surface area (Å²) in [5, 5.41) is 15.9. The van der Waals surface area contributed by atoms with Crippen molar-refractivity contribution in [3.05, 3.63) is 88.4 Å². The Kier molecular flexibility index (Phi) is 8.99. The predicted octanol–water partition coefficient (Wildman–Crippen LogP) is 4.67. The first kappa shape index (κ1) is 30.9. The van der Waals surface area contributed by atoms with Gasteiger partial charge in [-0.25, -0.2) is 13.4 Å². The molecule has 0 bridgehead atoms. The zero-order valence-corrected chi connectivity index (χ0v) is 26.4. The van der Waals surface area contributed by atoms with Crippen LogP contribution in [0.3, 0.4) is 0 Å². The molecule has 3 aromatic carbocycles. The molecule has 1 unspecified atom stereocenters. The third-order valence-corrected chi connectivity index (χ3v) is 11.2. The first-order valence-electron chi connectivity index (χ1n) is 14.9. The maximum atomic E-state index is 13.4. The van der Waals surface area contributed by atoms with Gasteiger partial charge in [-0.15, -0.1) is 11.3 Å². The number of aliphatic hydroxyl groups excluding tert-OH is 1. The smallest absolute Gasteiger partial charge is 0.257 e. The summed E-state index contributed by atoms with van der Waals surface area (Å²) in [6.07, 6.45) is 4.81. The van der Waals surface area contributed by atoms with E-state index in [0.717, 1.165) is 53.5 Å². The summed E-state index contributed by atoms with van der Waals surface area (Å²) in [6.45, 7) is 4.63. The quantitative estimate of drug-likeness (QED) is 0.212. The van der Waals surface area contributed by atoms with E-state index >= 15 is 0 Å². The van der Waals surface area contributed by atoms with Crippen molar-refractivity contribution in [2.24, 2.45) is 0 Å². The molecule has 6 rings (SSSR count). The van der Waals surface area contributed by atoms with Crippen molar-refractivity contribution in [2.45, 2.75) is 48.6 Å². The van der Waals surface area contributed by atoms with E-state index in [1.165, 1.54) is 35.6 Å². The van der Waals surface area contributed by atoms with Crippen LogP contribution < -0.4 is 15.4 Å². The van der Waals surface area contributed by atoms with Crippen molar-refractivity contribution in [2.75, 3.05) is 31.6 Å². The average molecular weight is 647 g/mol. The topological polar surface area (TPSA) is 138 Å². The van der Waals surface area contributed by atoms with Crippen LogP contribution in [-0.2, 0) is 16.4 Å². The summed E-state index contributed by atoms with van der Waals surface area (Å²) < 4.78 is 32.6. The van der Waals surface area contributed by atoms with Gasteiger partial charge in [0.05, 0.1) is 40.8 Å². The summed E-state index contributed by atoms with van der Waals surface area (Å²) >= 11 is 1.46. The Hall–Kier alpha value is -4.10. The number of carbonyl (C=O) groups is 2. The van der Waals surface area contributed by atoms with Crippen LogP contribution in [0.25, 0.3) is 10.6 Å². The summed E-state index contributed by atoms with van der Waals surface area (Å²) in [6, 6.07) is 16.9. The second-order valence-corrected chi connectivity index (χ2v) is 14.1. The van der Waals surface area contributed by atoms with Crippen LogP contribution in [0, 0.1) is 6.92 Å². The highest BCUT2D eigenvalue weighted by Gasteiger charge is 2.33. The molecule has 2 amide bonds. The van der Waals surface area contributed by atoms with Crippen LogP contribution in [0.2, 0.25) is 0 Å². The SMILES string of the molecule is Cc1c(C(=O)NCc2cnc(-c3ccc(OCCCN4CCCC4CO)cc3)s2)ccc2c1NC(=O)c1ccccc1S2(=O)=O. The Morgan fingerprint density at radius 1 is 1.13 bits per heavy atom. The van der Waals surface area contributed by atoms with Crippen LogP contribution in [0.1, 0.15) is 50.4 Å². The molecule has 45 heavy (non-hydrogen) atoms. The van der Waals surface area contributed by atoms with Gasteiger partial charge < -0.3 is 20.5 Å². The van der Waals surface area contributed by atoms with Gasteiger partial charge in [0.15, 0.2) is 0 Å². The van der Waals surface area contributed by atoms with Crippen LogP contribution in [0.4, 0.5) is 5.69 Å². The zero-order valence-electron chi connectivity index (χ0n) is 24.8. The number of hydrogen-bond donors (Lipinski definition) is 3. The Bertz CT molecular complexity index is 1840.